The van der Waals surface area contributed by atoms with Gasteiger partial charge in [-0.25, -0.2) is 9.97 Å². The van der Waals surface area contributed by atoms with Gasteiger partial charge in [0.15, 0.2) is 0 Å². The highest BCUT2D eigenvalue weighted by Gasteiger charge is 2.06. The highest BCUT2D eigenvalue weighted by atomic mass is 35.5. The minimum atomic E-state index is 0.164. The Kier molecular flexibility index (Phi) is 4.15. The van der Waals surface area contributed by atoms with Crippen LogP contribution in [0.5, 0.6) is 0 Å². The molecule has 18 heavy (non-hydrogen) atoms. The van der Waals surface area contributed by atoms with Gasteiger partial charge < -0.3 is 5.32 Å². The highest BCUT2D eigenvalue weighted by molar-refractivity contribution is 6.30. The van der Waals surface area contributed by atoms with Crippen LogP contribution in [0.1, 0.15) is 31.0 Å². The number of anilines is 1. The third kappa shape index (κ3) is 3.20. The molecule has 0 aliphatic rings. The summed E-state index contributed by atoms with van der Waals surface area (Å²) in [5, 5.41) is 3.78. The average Bonchev–Trinajstić information content (AvgIpc) is 2.41. The maximum Gasteiger partial charge on any atom is 0.223 e. The summed E-state index contributed by atoms with van der Waals surface area (Å²) in [5.41, 5.74) is 2.56. The summed E-state index contributed by atoms with van der Waals surface area (Å²) in [6, 6.07) is 8.72. The standard InChI is InChI=1S/C14H16ClN3/c1-3-11-4-6-12(7-5-11)10(2)18-14-16-8-13(15)9-17-14/h4-10H,3H2,1-2H3,(H,16,17,18). The van der Waals surface area contributed by atoms with Crippen LogP contribution in [0.2, 0.25) is 5.02 Å². The number of hydrogen-bond donors (Lipinski definition) is 1. The minimum Gasteiger partial charge on any atom is -0.348 e. The van der Waals surface area contributed by atoms with Crippen LogP contribution < -0.4 is 5.32 Å². The van der Waals surface area contributed by atoms with E-state index in [9.17, 15) is 0 Å². The predicted molar refractivity (Wildman–Crippen MR) is 74.9 cm³/mol. The third-order valence-electron chi connectivity index (χ3n) is 2.85. The SMILES string of the molecule is CCc1ccc(C(C)Nc2ncc(Cl)cn2)cc1. The molecule has 1 N–H and O–H groups in total. The van der Waals surface area contributed by atoms with Crippen molar-refractivity contribution >= 4 is 17.5 Å². The van der Waals surface area contributed by atoms with Crippen LogP contribution in [-0.4, -0.2) is 9.97 Å². The fourth-order valence-corrected chi connectivity index (χ4v) is 1.80. The van der Waals surface area contributed by atoms with E-state index in [1.165, 1.54) is 11.1 Å². The van der Waals surface area contributed by atoms with Crippen LogP contribution in [0, 0.1) is 0 Å². The van der Waals surface area contributed by atoms with Gasteiger partial charge in [-0.1, -0.05) is 42.8 Å². The van der Waals surface area contributed by atoms with Crippen molar-refractivity contribution in [3.8, 4) is 0 Å². The Bertz CT molecular complexity index is 493. The van der Waals surface area contributed by atoms with Gasteiger partial charge in [-0.15, -0.1) is 0 Å². The Labute approximate surface area is 112 Å². The molecular formula is C14H16ClN3. The van der Waals surface area contributed by atoms with Gasteiger partial charge in [0.25, 0.3) is 0 Å². The van der Waals surface area contributed by atoms with Gasteiger partial charge in [0.1, 0.15) is 0 Å². The van der Waals surface area contributed by atoms with Gasteiger partial charge in [0.2, 0.25) is 5.95 Å². The molecule has 0 amide bonds. The molecule has 2 rings (SSSR count). The molecule has 0 bridgehead atoms. The predicted octanol–water partition coefficient (Wildman–Crippen LogP) is 3.87. The van der Waals surface area contributed by atoms with E-state index in [1.54, 1.807) is 12.4 Å². The van der Waals surface area contributed by atoms with E-state index in [-0.39, 0.29) is 6.04 Å². The van der Waals surface area contributed by atoms with Crippen molar-refractivity contribution in [1.29, 1.82) is 0 Å². The van der Waals surface area contributed by atoms with Crippen LogP contribution >= 0.6 is 11.6 Å². The maximum atomic E-state index is 5.75. The first kappa shape index (κ1) is 12.8. The fraction of sp³-hybridized carbons (Fsp3) is 0.286. The van der Waals surface area contributed by atoms with Gasteiger partial charge in [-0.05, 0) is 24.5 Å². The molecule has 2 aromatic rings. The van der Waals surface area contributed by atoms with E-state index in [0.717, 1.165) is 6.42 Å². The number of rotatable bonds is 4. The van der Waals surface area contributed by atoms with E-state index in [1.807, 2.05) is 0 Å². The van der Waals surface area contributed by atoms with E-state index in [4.69, 9.17) is 11.6 Å². The fourth-order valence-electron chi connectivity index (χ4n) is 1.71. The summed E-state index contributed by atoms with van der Waals surface area (Å²) >= 11 is 5.75. The quantitative estimate of drug-likeness (QED) is 0.908. The van der Waals surface area contributed by atoms with Crippen molar-refractivity contribution in [2.24, 2.45) is 0 Å². The molecule has 94 valence electrons. The monoisotopic (exact) mass is 261 g/mol. The van der Waals surface area contributed by atoms with Crippen molar-refractivity contribution in [1.82, 2.24) is 9.97 Å². The Morgan fingerprint density at radius 3 is 2.33 bits per heavy atom. The molecule has 0 spiro atoms. The number of nitrogens with zero attached hydrogens (tertiary/aromatic N) is 2. The molecule has 1 heterocycles. The summed E-state index contributed by atoms with van der Waals surface area (Å²) < 4.78 is 0. The molecule has 3 nitrogen and oxygen atoms in total. The molecule has 0 aliphatic carbocycles. The summed E-state index contributed by atoms with van der Waals surface area (Å²) in [5.74, 6) is 0.589. The molecule has 1 aromatic heterocycles. The minimum absolute atomic E-state index is 0.164. The van der Waals surface area contributed by atoms with Gasteiger partial charge in [0, 0.05) is 0 Å². The lowest BCUT2D eigenvalue weighted by Crippen LogP contribution is -2.09. The zero-order valence-corrected chi connectivity index (χ0v) is 11.3. The zero-order valence-electron chi connectivity index (χ0n) is 10.5. The number of nitrogens with one attached hydrogen (secondary N) is 1. The number of aryl methyl sites for hydroxylation is 1. The lowest BCUT2D eigenvalue weighted by molar-refractivity contribution is 0.859. The second-order valence-corrected chi connectivity index (χ2v) is 4.62. The van der Waals surface area contributed by atoms with Gasteiger partial charge >= 0.3 is 0 Å². The van der Waals surface area contributed by atoms with Gasteiger partial charge in [0.05, 0.1) is 23.5 Å². The summed E-state index contributed by atoms with van der Waals surface area (Å²) in [6.07, 6.45) is 4.23. The molecule has 0 saturated carbocycles. The first-order valence-corrected chi connectivity index (χ1v) is 6.39. The number of aromatic nitrogens is 2. The molecule has 1 aromatic carbocycles. The second-order valence-electron chi connectivity index (χ2n) is 4.19. The first-order chi connectivity index (χ1) is 8.69. The second kappa shape index (κ2) is 5.83. The van der Waals surface area contributed by atoms with Crippen LogP contribution in [0.15, 0.2) is 36.7 Å². The van der Waals surface area contributed by atoms with Crippen molar-refractivity contribution in [3.05, 3.63) is 52.8 Å². The molecule has 1 unspecified atom stereocenters. The molecule has 0 aliphatic heterocycles. The van der Waals surface area contributed by atoms with Crippen LogP contribution in [0.25, 0.3) is 0 Å². The topological polar surface area (TPSA) is 37.8 Å². The Morgan fingerprint density at radius 2 is 1.78 bits per heavy atom. The normalized spacial score (nSPS) is 12.2. The van der Waals surface area contributed by atoms with E-state index >= 15 is 0 Å². The van der Waals surface area contributed by atoms with Crippen LogP contribution in [-0.2, 0) is 6.42 Å². The average molecular weight is 262 g/mol. The van der Waals surface area contributed by atoms with E-state index < -0.39 is 0 Å². The smallest absolute Gasteiger partial charge is 0.223 e. The lowest BCUT2D eigenvalue weighted by Gasteiger charge is -2.14. The van der Waals surface area contributed by atoms with E-state index in [2.05, 4.69) is 53.4 Å². The number of halogens is 1. The van der Waals surface area contributed by atoms with Crippen molar-refractivity contribution in [2.75, 3.05) is 5.32 Å². The molecular weight excluding hydrogens is 246 g/mol. The Morgan fingerprint density at radius 1 is 1.17 bits per heavy atom. The molecule has 4 heteroatoms. The Balaban J connectivity index is 2.06. The van der Waals surface area contributed by atoms with Gasteiger partial charge in [-0.2, -0.15) is 0 Å². The Hall–Kier alpha value is -1.61. The number of hydrogen-bond acceptors (Lipinski definition) is 3. The first-order valence-electron chi connectivity index (χ1n) is 6.02. The number of benzene rings is 1. The van der Waals surface area contributed by atoms with Gasteiger partial charge in [-0.3, -0.25) is 0 Å². The highest BCUT2D eigenvalue weighted by Crippen LogP contribution is 2.18. The van der Waals surface area contributed by atoms with E-state index in [0.29, 0.717) is 11.0 Å². The van der Waals surface area contributed by atoms with Crippen LogP contribution in [0.4, 0.5) is 5.95 Å². The summed E-state index contributed by atoms with van der Waals surface area (Å²) in [6.45, 7) is 4.23. The van der Waals surface area contributed by atoms with Crippen LogP contribution in [0.3, 0.4) is 0 Å². The molecule has 0 radical (unpaired) electrons. The molecule has 0 saturated heterocycles. The summed E-state index contributed by atoms with van der Waals surface area (Å²) in [7, 11) is 0. The molecule has 0 fully saturated rings. The van der Waals surface area contributed by atoms with Crippen molar-refractivity contribution in [2.45, 2.75) is 26.3 Å². The van der Waals surface area contributed by atoms with Crippen molar-refractivity contribution in [3.63, 3.8) is 0 Å². The summed E-state index contributed by atoms with van der Waals surface area (Å²) in [4.78, 5) is 8.25. The largest absolute Gasteiger partial charge is 0.348 e. The van der Waals surface area contributed by atoms with Crippen molar-refractivity contribution < 1.29 is 0 Å². The zero-order chi connectivity index (χ0) is 13.0. The molecule has 1 atom stereocenters. The lowest BCUT2D eigenvalue weighted by atomic mass is 10.1. The maximum absolute atomic E-state index is 5.75. The third-order valence-corrected chi connectivity index (χ3v) is 3.05.